The summed E-state index contributed by atoms with van der Waals surface area (Å²) in [6.07, 6.45) is 2.72. The molecule has 176 valence electrons. The van der Waals surface area contributed by atoms with Crippen LogP contribution in [0.2, 0.25) is 0 Å². The lowest BCUT2D eigenvalue weighted by Gasteiger charge is -2.28. The molecule has 0 saturated carbocycles. The number of benzene rings is 1. The molecular weight excluding hydrogens is 467 g/mol. The first kappa shape index (κ1) is 24.0. The molecule has 0 radical (unpaired) electrons. The number of primary amides is 1. The molecule has 0 unspecified atom stereocenters. The molecular formula is C19H18F3N5O5S. The molecule has 1 aromatic carbocycles. The van der Waals surface area contributed by atoms with Gasteiger partial charge < -0.3 is 16.0 Å². The van der Waals surface area contributed by atoms with Crippen molar-refractivity contribution in [3.05, 3.63) is 48.3 Å². The molecule has 2 aromatic rings. The van der Waals surface area contributed by atoms with E-state index >= 15 is 0 Å². The Kier molecular flexibility index (Phi) is 5.83. The molecule has 3 rings (SSSR count). The van der Waals surface area contributed by atoms with Crippen LogP contribution in [0.1, 0.15) is 19.4 Å². The minimum atomic E-state index is -5.58. The number of hydrogen-bond acceptors (Lipinski definition) is 6. The molecule has 0 atom stereocenters. The van der Waals surface area contributed by atoms with Crippen molar-refractivity contribution in [1.82, 2.24) is 9.88 Å². The number of sulfone groups is 1. The lowest BCUT2D eigenvalue weighted by Crippen LogP contribution is -2.43. The molecule has 10 nitrogen and oxygen atoms in total. The highest BCUT2D eigenvalue weighted by molar-refractivity contribution is 7.92. The van der Waals surface area contributed by atoms with E-state index in [9.17, 15) is 36.0 Å². The third-order valence-electron chi connectivity index (χ3n) is 5.03. The molecule has 33 heavy (non-hydrogen) atoms. The van der Waals surface area contributed by atoms with Gasteiger partial charge in [0, 0.05) is 6.20 Å². The van der Waals surface area contributed by atoms with Gasteiger partial charge in [0.15, 0.2) is 0 Å². The number of aromatic nitrogens is 1. The molecule has 2 heterocycles. The topological polar surface area (TPSA) is 143 Å². The predicted octanol–water partition coefficient (Wildman–Crippen LogP) is 2.61. The zero-order valence-corrected chi connectivity index (χ0v) is 18.1. The Labute approximate surface area is 186 Å². The zero-order chi connectivity index (χ0) is 24.8. The number of nitrogens with two attached hydrogens (primary N) is 1. The van der Waals surface area contributed by atoms with Crippen LogP contribution in [0, 0.1) is 0 Å². The molecule has 5 amide bonds. The Morgan fingerprint density at radius 1 is 1.15 bits per heavy atom. The predicted molar refractivity (Wildman–Crippen MR) is 110 cm³/mol. The average molecular weight is 485 g/mol. The number of imide groups is 1. The summed E-state index contributed by atoms with van der Waals surface area (Å²) in [6, 6.07) is 3.10. The minimum Gasteiger partial charge on any atom is -0.351 e. The van der Waals surface area contributed by atoms with Crippen LogP contribution in [0.3, 0.4) is 0 Å². The van der Waals surface area contributed by atoms with Crippen LogP contribution in [-0.2, 0) is 21.2 Å². The number of pyridine rings is 1. The number of rotatable bonds is 5. The number of halogens is 3. The van der Waals surface area contributed by atoms with Crippen molar-refractivity contribution >= 4 is 39.2 Å². The maximum atomic E-state index is 13.1. The number of anilines is 2. The largest absolute Gasteiger partial charge is 0.501 e. The van der Waals surface area contributed by atoms with E-state index in [1.54, 1.807) is 0 Å². The smallest absolute Gasteiger partial charge is 0.351 e. The van der Waals surface area contributed by atoms with Gasteiger partial charge in [-0.1, -0.05) is 0 Å². The third-order valence-corrected chi connectivity index (χ3v) is 6.53. The fraction of sp³-hybridized carbons (Fsp3) is 0.263. The van der Waals surface area contributed by atoms with Gasteiger partial charge >= 0.3 is 17.6 Å². The monoisotopic (exact) mass is 485 g/mol. The Hall–Kier alpha value is -3.68. The maximum Gasteiger partial charge on any atom is 0.501 e. The van der Waals surface area contributed by atoms with Gasteiger partial charge in [-0.05, 0) is 49.7 Å². The van der Waals surface area contributed by atoms with Crippen LogP contribution in [0.25, 0.3) is 0 Å². The average Bonchev–Trinajstić information content (AvgIpc) is 2.87. The molecule has 1 aliphatic rings. The summed E-state index contributed by atoms with van der Waals surface area (Å²) in [6.45, 7) is 2.81. The molecule has 1 aliphatic heterocycles. The summed E-state index contributed by atoms with van der Waals surface area (Å²) in [5, 5.41) is 2.37. The van der Waals surface area contributed by atoms with Crippen LogP contribution in [0.5, 0.6) is 0 Å². The van der Waals surface area contributed by atoms with Crippen molar-refractivity contribution in [3.8, 4) is 0 Å². The lowest BCUT2D eigenvalue weighted by molar-refractivity contribution is -0.123. The second-order valence-corrected chi connectivity index (χ2v) is 9.47. The SMILES string of the molecule is CC1(C)C(=O)N(c2ccc(S(=O)(=O)C(F)(F)F)cc2)C(=O)N1Cc1ccncc1NC(N)=O. The summed E-state index contributed by atoms with van der Waals surface area (Å²) in [7, 11) is -5.58. The van der Waals surface area contributed by atoms with Crippen LogP contribution in [0.4, 0.5) is 34.1 Å². The summed E-state index contributed by atoms with van der Waals surface area (Å²) in [5.74, 6) is -0.683. The molecule has 0 aliphatic carbocycles. The van der Waals surface area contributed by atoms with Gasteiger partial charge in [0.25, 0.3) is 15.7 Å². The van der Waals surface area contributed by atoms with Crippen LogP contribution in [0.15, 0.2) is 47.6 Å². The molecule has 14 heteroatoms. The van der Waals surface area contributed by atoms with Gasteiger partial charge in [0.2, 0.25) is 0 Å². The van der Waals surface area contributed by atoms with Crippen molar-refractivity contribution in [2.75, 3.05) is 10.2 Å². The highest BCUT2D eigenvalue weighted by Crippen LogP contribution is 2.36. The number of hydrogen-bond donors (Lipinski definition) is 2. The van der Waals surface area contributed by atoms with E-state index < -0.39 is 43.7 Å². The fourth-order valence-electron chi connectivity index (χ4n) is 3.21. The molecule has 1 aromatic heterocycles. The summed E-state index contributed by atoms with van der Waals surface area (Å²) < 4.78 is 61.4. The van der Waals surface area contributed by atoms with Gasteiger partial charge in [0.05, 0.1) is 29.0 Å². The van der Waals surface area contributed by atoms with E-state index in [1.807, 2.05) is 0 Å². The first-order valence-corrected chi connectivity index (χ1v) is 10.7. The molecule has 0 bridgehead atoms. The van der Waals surface area contributed by atoms with Crippen LogP contribution >= 0.6 is 0 Å². The van der Waals surface area contributed by atoms with Crippen LogP contribution < -0.4 is 16.0 Å². The van der Waals surface area contributed by atoms with E-state index in [-0.39, 0.29) is 17.9 Å². The summed E-state index contributed by atoms with van der Waals surface area (Å²) in [5.41, 5.74) is -1.19. The van der Waals surface area contributed by atoms with E-state index in [4.69, 9.17) is 5.73 Å². The summed E-state index contributed by atoms with van der Waals surface area (Å²) >= 11 is 0. The Bertz CT molecular complexity index is 1230. The van der Waals surface area contributed by atoms with E-state index in [0.29, 0.717) is 17.7 Å². The number of amides is 5. The van der Waals surface area contributed by atoms with Gasteiger partial charge in [0.1, 0.15) is 5.54 Å². The van der Waals surface area contributed by atoms with Crippen molar-refractivity contribution in [1.29, 1.82) is 0 Å². The van der Waals surface area contributed by atoms with Crippen molar-refractivity contribution in [2.24, 2.45) is 5.73 Å². The summed E-state index contributed by atoms with van der Waals surface area (Å²) in [4.78, 5) is 42.1. The Morgan fingerprint density at radius 2 is 1.76 bits per heavy atom. The van der Waals surface area contributed by atoms with E-state index in [0.717, 1.165) is 17.0 Å². The fourth-order valence-corrected chi connectivity index (χ4v) is 3.98. The number of alkyl halides is 3. The zero-order valence-electron chi connectivity index (χ0n) is 17.3. The minimum absolute atomic E-state index is 0.105. The number of nitrogens with one attached hydrogen (secondary N) is 1. The number of nitrogens with zero attached hydrogens (tertiary/aromatic N) is 3. The molecule has 1 fully saturated rings. The third kappa shape index (κ3) is 4.20. The molecule has 0 spiro atoms. The second-order valence-electron chi connectivity index (χ2n) is 7.53. The van der Waals surface area contributed by atoms with Crippen LogP contribution in [-0.4, -0.2) is 47.3 Å². The standard InChI is InChI=1S/C19H18F3N5O5S/c1-18(2)15(28)27(12-3-5-13(6-4-12)33(31,32)19(20,21)22)17(30)26(18)10-11-7-8-24-9-14(11)25-16(23)29/h3-9H,10H2,1-2H3,(H3,23,25,29). The maximum absolute atomic E-state index is 13.1. The van der Waals surface area contributed by atoms with Gasteiger partial charge in [-0.25, -0.2) is 22.9 Å². The Morgan fingerprint density at radius 3 is 2.30 bits per heavy atom. The van der Waals surface area contributed by atoms with Gasteiger partial charge in [-0.2, -0.15) is 13.2 Å². The van der Waals surface area contributed by atoms with E-state index in [1.165, 1.54) is 37.2 Å². The van der Waals surface area contributed by atoms with Crippen molar-refractivity contribution < 1.29 is 36.0 Å². The van der Waals surface area contributed by atoms with Crippen molar-refractivity contribution in [3.63, 3.8) is 0 Å². The number of carbonyl (C=O) groups is 3. The lowest BCUT2D eigenvalue weighted by atomic mass is 10.0. The quantitative estimate of drug-likeness (QED) is 0.624. The normalized spacial score (nSPS) is 16.3. The molecule has 3 N–H and O–H groups in total. The van der Waals surface area contributed by atoms with Crippen molar-refractivity contribution in [2.45, 2.75) is 36.3 Å². The Balaban J connectivity index is 1.94. The first-order chi connectivity index (χ1) is 15.2. The first-order valence-electron chi connectivity index (χ1n) is 9.25. The second kappa shape index (κ2) is 8.03. The van der Waals surface area contributed by atoms with E-state index in [2.05, 4.69) is 10.3 Å². The highest BCUT2D eigenvalue weighted by Gasteiger charge is 2.52. The van der Waals surface area contributed by atoms with Gasteiger partial charge in [-0.15, -0.1) is 0 Å². The highest BCUT2D eigenvalue weighted by atomic mass is 32.2. The number of urea groups is 2. The number of carbonyl (C=O) groups excluding carboxylic acids is 3. The molecule has 1 saturated heterocycles. The van der Waals surface area contributed by atoms with Gasteiger partial charge in [-0.3, -0.25) is 9.78 Å².